The minimum atomic E-state index is -0.848. The number of H-pyrrole nitrogens is 1. The zero-order valence-electron chi connectivity index (χ0n) is 12.4. The third-order valence-electron chi connectivity index (χ3n) is 4.28. The molecule has 0 bridgehead atoms. The van der Waals surface area contributed by atoms with Gasteiger partial charge in [0.15, 0.2) is 0 Å². The van der Waals surface area contributed by atoms with Gasteiger partial charge in [-0.15, -0.1) is 0 Å². The monoisotopic (exact) mass is 298 g/mol. The lowest BCUT2D eigenvalue weighted by Gasteiger charge is -2.19. The number of amides is 1. The van der Waals surface area contributed by atoms with E-state index in [1.165, 1.54) is 0 Å². The Morgan fingerprint density at radius 2 is 1.91 bits per heavy atom. The summed E-state index contributed by atoms with van der Waals surface area (Å²) in [6, 6.07) is 13.4. The Morgan fingerprint density at radius 1 is 1.18 bits per heavy atom. The number of carbonyl (C=O) groups is 2. The summed E-state index contributed by atoms with van der Waals surface area (Å²) in [7, 11) is 0. The summed E-state index contributed by atoms with van der Waals surface area (Å²) in [5.74, 6) is -0.994. The van der Waals surface area contributed by atoms with Crippen LogP contribution in [0.1, 0.15) is 23.8 Å². The fourth-order valence-corrected chi connectivity index (χ4v) is 2.79. The second-order valence-corrected chi connectivity index (χ2v) is 5.99. The molecule has 0 unspecified atom stereocenters. The molecule has 0 spiro atoms. The van der Waals surface area contributed by atoms with Gasteiger partial charge in [-0.05, 0) is 31.0 Å². The van der Waals surface area contributed by atoms with Crippen molar-refractivity contribution in [3.63, 3.8) is 0 Å². The van der Waals surface area contributed by atoms with Crippen molar-refractivity contribution < 1.29 is 14.7 Å². The Kier molecular flexibility index (Phi) is 3.48. The van der Waals surface area contributed by atoms with Crippen LogP contribution in [0.3, 0.4) is 0 Å². The number of benzene rings is 1. The highest BCUT2D eigenvalue weighted by atomic mass is 16.4. The predicted octanol–water partition coefficient (Wildman–Crippen LogP) is 2.62. The number of aromatic nitrogens is 1. The molecular weight excluding hydrogens is 280 g/mol. The van der Waals surface area contributed by atoms with Crippen LogP contribution in [0.5, 0.6) is 0 Å². The van der Waals surface area contributed by atoms with Gasteiger partial charge in [0.2, 0.25) is 0 Å². The number of nitrogens with one attached hydrogen (secondary N) is 1. The first-order valence-corrected chi connectivity index (χ1v) is 7.27. The summed E-state index contributed by atoms with van der Waals surface area (Å²) in [6.45, 7) is 2.41. The van der Waals surface area contributed by atoms with Crippen LogP contribution in [0.15, 0.2) is 42.5 Å². The highest BCUT2D eigenvalue weighted by molar-refractivity contribution is 5.94. The summed E-state index contributed by atoms with van der Waals surface area (Å²) < 4.78 is 0. The molecule has 1 atom stereocenters. The van der Waals surface area contributed by atoms with Gasteiger partial charge in [0.05, 0.1) is 5.41 Å². The number of aliphatic carboxylic acids is 1. The third kappa shape index (κ3) is 2.50. The van der Waals surface area contributed by atoms with Gasteiger partial charge in [-0.2, -0.15) is 0 Å². The lowest BCUT2D eigenvalue weighted by molar-refractivity contribution is -0.147. The molecule has 1 aliphatic rings. The first kappa shape index (κ1) is 14.4. The first-order chi connectivity index (χ1) is 10.5. The molecule has 1 aliphatic heterocycles. The third-order valence-corrected chi connectivity index (χ3v) is 4.28. The van der Waals surface area contributed by atoms with E-state index in [0.717, 1.165) is 11.3 Å². The molecule has 3 rings (SSSR count). The van der Waals surface area contributed by atoms with E-state index in [1.54, 1.807) is 17.9 Å². The van der Waals surface area contributed by atoms with Crippen molar-refractivity contribution >= 4 is 11.9 Å². The van der Waals surface area contributed by atoms with Crippen LogP contribution in [0.4, 0.5) is 0 Å². The average Bonchev–Trinajstić information content (AvgIpc) is 3.15. The number of carbonyl (C=O) groups excluding carboxylic acids is 1. The number of carboxylic acids is 1. The summed E-state index contributed by atoms with van der Waals surface area (Å²) >= 11 is 0. The molecule has 1 fully saturated rings. The smallest absolute Gasteiger partial charge is 0.311 e. The molecule has 5 nitrogen and oxygen atoms in total. The van der Waals surface area contributed by atoms with Crippen LogP contribution in [0, 0.1) is 5.41 Å². The standard InChI is InChI=1S/C17H18N2O3/c1-17(16(21)22)9-10-19(11-17)15(20)14-8-7-13(18-14)12-5-3-2-4-6-12/h2-8,18H,9-11H2,1H3,(H,21,22)/t17-/m1/s1. The first-order valence-electron chi connectivity index (χ1n) is 7.27. The van der Waals surface area contributed by atoms with E-state index >= 15 is 0 Å². The van der Waals surface area contributed by atoms with E-state index in [9.17, 15) is 14.7 Å². The Labute approximate surface area is 128 Å². The van der Waals surface area contributed by atoms with Gasteiger partial charge in [0.25, 0.3) is 5.91 Å². The summed E-state index contributed by atoms with van der Waals surface area (Å²) in [5, 5.41) is 9.25. The van der Waals surface area contributed by atoms with Gasteiger partial charge in [0.1, 0.15) is 5.69 Å². The largest absolute Gasteiger partial charge is 0.481 e. The molecule has 0 saturated carbocycles. The molecule has 0 radical (unpaired) electrons. The van der Waals surface area contributed by atoms with Crippen LogP contribution >= 0.6 is 0 Å². The number of hydrogen-bond acceptors (Lipinski definition) is 2. The van der Waals surface area contributed by atoms with Gasteiger partial charge >= 0.3 is 5.97 Å². The van der Waals surface area contributed by atoms with E-state index in [4.69, 9.17) is 0 Å². The molecule has 114 valence electrons. The summed E-state index contributed by atoms with van der Waals surface area (Å²) in [5.41, 5.74) is 1.54. The Bertz CT molecular complexity index is 708. The minimum Gasteiger partial charge on any atom is -0.481 e. The lowest BCUT2D eigenvalue weighted by atomic mass is 9.90. The SMILES string of the molecule is C[C@@]1(C(=O)O)CCN(C(=O)c2ccc(-c3ccccc3)[nH]2)C1. The molecule has 1 saturated heterocycles. The topological polar surface area (TPSA) is 73.4 Å². The number of likely N-dealkylation sites (tertiary alicyclic amines) is 1. The Balaban J connectivity index is 1.77. The van der Waals surface area contributed by atoms with Gasteiger partial charge in [-0.1, -0.05) is 30.3 Å². The zero-order valence-corrected chi connectivity index (χ0v) is 12.4. The van der Waals surface area contributed by atoms with Crippen molar-refractivity contribution in [2.45, 2.75) is 13.3 Å². The molecule has 2 heterocycles. The Hall–Kier alpha value is -2.56. The van der Waals surface area contributed by atoms with Crippen molar-refractivity contribution in [2.75, 3.05) is 13.1 Å². The molecule has 1 amide bonds. The number of hydrogen-bond donors (Lipinski definition) is 2. The number of carboxylic acid groups (broad SMARTS) is 1. The molecule has 22 heavy (non-hydrogen) atoms. The van der Waals surface area contributed by atoms with Crippen LogP contribution in [-0.2, 0) is 4.79 Å². The molecule has 1 aromatic carbocycles. The van der Waals surface area contributed by atoms with Gasteiger partial charge in [-0.25, -0.2) is 0 Å². The highest BCUT2D eigenvalue weighted by Crippen LogP contribution is 2.31. The van der Waals surface area contributed by atoms with E-state index < -0.39 is 11.4 Å². The highest BCUT2D eigenvalue weighted by Gasteiger charge is 2.42. The maximum Gasteiger partial charge on any atom is 0.311 e. The summed E-state index contributed by atoms with van der Waals surface area (Å²) in [6.07, 6.45) is 0.486. The van der Waals surface area contributed by atoms with Gasteiger partial charge < -0.3 is 15.0 Å². The zero-order chi connectivity index (χ0) is 15.7. The van der Waals surface area contributed by atoms with Crippen molar-refractivity contribution in [1.82, 2.24) is 9.88 Å². The second-order valence-electron chi connectivity index (χ2n) is 5.99. The predicted molar refractivity (Wildman–Crippen MR) is 82.5 cm³/mol. The lowest BCUT2D eigenvalue weighted by Crippen LogP contribution is -2.35. The fraction of sp³-hybridized carbons (Fsp3) is 0.294. The summed E-state index contributed by atoms with van der Waals surface area (Å²) in [4.78, 5) is 28.5. The van der Waals surface area contributed by atoms with Crippen LogP contribution < -0.4 is 0 Å². The molecule has 5 heteroatoms. The quantitative estimate of drug-likeness (QED) is 0.914. The van der Waals surface area contributed by atoms with Crippen LogP contribution in [-0.4, -0.2) is 40.0 Å². The van der Waals surface area contributed by atoms with Gasteiger partial charge in [-0.3, -0.25) is 9.59 Å². The van der Waals surface area contributed by atoms with Crippen molar-refractivity contribution in [3.8, 4) is 11.3 Å². The normalized spacial score (nSPS) is 21.0. The molecule has 2 aromatic rings. The number of aromatic amines is 1. The Morgan fingerprint density at radius 3 is 2.55 bits per heavy atom. The fourth-order valence-electron chi connectivity index (χ4n) is 2.79. The maximum atomic E-state index is 12.5. The second kappa shape index (κ2) is 5.33. The van der Waals surface area contributed by atoms with E-state index in [2.05, 4.69) is 4.98 Å². The van der Waals surface area contributed by atoms with Gasteiger partial charge in [0, 0.05) is 18.8 Å². The van der Waals surface area contributed by atoms with E-state index in [0.29, 0.717) is 18.7 Å². The van der Waals surface area contributed by atoms with E-state index in [-0.39, 0.29) is 12.5 Å². The molecule has 2 N–H and O–H groups in total. The van der Waals surface area contributed by atoms with Crippen LogP contribution in [0.2, 0.25) is 0 Å². The average molecular weight is 298 g/mol. The number of nitrogens with zero attached hydrogens (tertiary/aromatic N) is 1. The molecule has 1 aromatic heterocycles. The molecular formula is C17H18N2O3. The van der Waals surface area contributed by atoms with E-state index in [1.807, 2.05) is 36.4 Å². The number of rotatable bonds is 3. The van der Waals surface area contributed by atoms with Crippen molar-refractivity contribution in [1.29, 1.82) is 0 Å². The minimum absolute atomic E-state index is 0.146. The molecule has 0 aliphatic carbocycles. The van der Waals surface area contributed by atoms with Crippen molar-refractivity contribution in [3.05, 3.63) is 48.2 Å². The van der Waals surface area contributed by atoms with Crippen LogP contribution in [0.25, 0.3) is 11.3 Å². The van der Waals surface area contributed by atoms with Crippen molar-refractivity contribution in [2.24, 2.45) is 5.41 Å². The maximum absolute atomic E-state index is 12.5.